The summed E-state index contributed by atoms with van der Waals surface area (Å²) in [6.45, 7) is 6.41. The Morgan fingerprint density at radius 1 is 1.46 bits per heavy atom. The van der Waals surface area contributed by atoms with Crippen molar-refractivity contribution >= 4 is 6.21 Å². The van der Waals surface area contributed by atoms with Gasteiger partial charge in [-0.1, -0.05) is 18.6 Å². The minimum absolute atomic E-state index is 0.604. The summed E-state index contributed by atoms with van der Waals surface area (Å²) in [6, 6.07) is 0. The van der Waals surface area contributed by atoms with Gasteiger partial charge in [0.15, 0.2) is 6.21 Å². The van der Waals surface area contributed by atoms with Gasteiger partial charge in [0, 0.05) is 6.42 Å². The molecule has 0 aromatic heterocycles. The number of hydrogen-bond donors (Lipinski definition) is 0. The first kappa shape index (κ1) is 12.2. The van der Waals surface area contributed by atoms with Crippen LogP contribution < -0.4 is 0 Å². The zero-order chi connectivity index (χ0) is 10.3. The number of nitrogens with zero attached hydrogens (tertiary/aromatic N) is 1. The summed E-state index contributed by atoms with van der Waals surface area (Å²) in [6.07, 6.45) is 7.12. The van der Waals surface area contributed by atoms with Crippen LogP contribution in [0.15, 0.2) is 11.6 Å². The van der Waals surface area contributed by atoms with Crippen LogP contribution in [-0.2, 0) is 0 Å². The summed E-state index contributed by atoms with van der Waals surface area (Å²) in [5.74, 6) is 0.604. The van der Waals surface area contributed by atoms with Crippen molar-refractivity contribution in [2.75, 3.05) is 7.05 Å². The van der Waals surface area contributed by atoms with Crippen LogP contribution in [0.3, 0.4) is 0 Å². The average molecular weight is 183 g/mol. The standard InChI is InChI=1S/C11H21NO/c1-10(2)6-5-7-11(3)8-9-12(4)13/h6,9,11H,5,7-8H2,1-4H3/b12-9-. The molecule has 0 saturated carbocycles. The molecule has 1 unspecified atom stereocenters. The minimum atomic E-state index is 0.604. The van der Waals surface area contributed by atoms with Crippen molar-refractivity contribution in [3.05, 3.63) is 16.9 Å². The molecule has 2 heteroatoms. The largest absolute Gasteiger partial charge is 0.624 e. The summed E-state index contributed by atoms with van der Waals surface area (Å²) in [5, 5.41) is 10.6. The maximum Gasteiger partial charge on any atom is 0.150 e. The average Bonchev–Trinajstić information content (AvgIpc) is 2.00. The van der Waals surface area contributed by atoms with Crippen molar-refractivity contribution in [3.8, 4) is 0 Å². The summed E-state index contributed by atoms with van der Waals surface area (Å²) in [4.78, 5) is 0. The molecule has 0 aromatic rings. The Morgan fingerprint density at radius 3 is 2.54 bits per heavy atom. The smallest absolute Gasteiger partial charge is 0.150 e. The quantitative estimate of drug-likeness (QED) is 0.211. The van der Waals surface area contributed by atoms with Crippen molar-refractivity contribution in [1.82, 2.24) is 0 Å². The second-order valence-corrected chi connectivity index (χ2v) is 3.93. The maximum atomic E-state index is 10.6. The van der Waals surface area contributed by atoms with Gasteiger partial charge in [-0.25, -0.2) is 4.74 Å². The molecule has 1 atom stereocenters. The van der Waals surface area contributed by atoms with E-state index in [9.17, 15) is 5.21 Å². The molecule has 0 aliphatic rings. The Balaban J connectivity index is 3.58. The van der Waals surface area contributed by atoms with Crippen LogP contribution >= 0.6 is 0 Å². The summed E-state index contributed by atoms with van der Waals surface area (Å²) in [7, 11) is 1.53. The first-order valence-electron chi connectivity index (χ1n) is 4.89. The molecule has 0 amide bonds. The zero-order valence-electron chi connectivity index (χ0n) is 9.21. The molecule has 0 aromatic carbocycles. The summed E-state index contributed by atoms with van der Waals surface area (Å²) in [5.41, 5.74) is 1.37. The van der Waals surface area contributed by atoms with Crippen LogP contribution in [-0.4, -0.2) is 18.0 Å². The Labute approximate surface area is 81.6 Å². The third-order valence-corrected chi connectivity index (χ3v) is 1.98. The van der Waals surface area contributed by atoms with Gasteiger partial charge in [-0.15, -0.1) is 0 Å². The lowest BCUT2D eigenvalue weighted by Crippen LogP contribution is -2.01. The van der Waals surface area contributed by atoms with Crippen LogP contribution in [0.4, 0.5) is 0 Å². The van der Waals surface area contributed by atoms with Crippen LogP contribution in [0.25, 0.3) is 0 Å². The molecule has 0 fully saturated rings. The highest BCUT2D eigenvalue weighted by Gasteiger charge is 2.00. The van der Waals surface area contributed by atoms with E-state index in [-0.39, 0.29) is 0 Å². The van der Waals surface area contributed by atoms with E-state index in [4.69, 9.17) is 0 Å². The van der Waals surface area contributed by atoms with Gasteiger partial charge in [0.2, 0.25) is 0 Å². The van der Waals surface area contributed by atoms with E-state index in [1.165, 1.54) is 12.6 Å². The molecule has 0 spiro atoms. The maximum absolute atomic E-state index is 10.6. The Bertz CT molecular complexity index is 186. The lowest BCUT2D eigenvalue weighted by atomic mass is 10.0. The van der Waals surface area contributed by atoms with Crippen LogP contribution in [0.2, 0.25) is 0 Å². The zero-order valence-corrected chi connectivity index (χ0v) is 9.21. The number of hydroxylamine groups is 1. The van der Waals surface area contributed by atoms with Crippen molar-refractivity contribution in [3.63, 3.8) is 0 Å². The molecule has 0 aliphatic heterocycles. The van der Waals surface area contributed by atoms with Gasteiger partial charge in [0.05, 0.1) is 0 Å². The summed E-state index contributed by atoms with van der Waals surface area (Å²) >= 11 is 0. The lowest BCUT2D eigenvalue weighted by molar-refractivity contribution is -0.418. The molecule has 0 aliphatic carbocycles. The highest BCUT2D eigenvalue weighted by Crippen LogP contribution is 2.10. The fourth-order valence-electron chi connectivity index (χ4n) is 1.10. The molecule has 0 radical (unpaired) electrons. The third-order valence-electron chi connectivity index (χ3n) is 1.98. The van der Waals surface area contributed by atoms with E-state index in [1.54, 1.807) is 6.21 Å². The monoisotopic (exact) mass is 183 g/mol. The second-order valence-electron chi connectivity index (χ2n) is 3.93. The van der Waals surface area contributed by atoms with Crippen molar-refractivity contribution in [2.45, 2.75) is 40.0 Å². The molecule has 0 N–H and O–H groups in total. The highest BCUT2D eigenvalue weighted by atomic mass is 16.5. The Hall–Kier alpha value is -0.790. The first-order chi connectivity index (χ1) is 6.02. The van der Waals surface area contributed by atoms with Gasteiger partial charge in [-0.2, -0.15) is 0 Å². The molecule has 2 nitrogen and oxygen atoms in total. The predicted molar refractivity (Wildman–Crippen MR) is 58.1 cm³/mol. The van der Waals surface area contributed by atoms with Gasteiger partial charge in [-0.05, 0) is 32.6 Å². The van der Waals surface area contributed by atoms with Crippen molar-refractivity contribution in [1.29, 1.82) is 0 Å². The van der Waals surface area contributed by atoms with Crippen LogP contribution in [0, 0.1) is 11.1 Å². The van der Waals surface area contributed by atoms with Gasteiger partial charge in [0.25, 0.3) is 0 Å². The normalized spacial score (nSPS) is 14.0. The van der Waals surface area contributed by atoms with E-state index >= 15 is 0 Å². The van der Waals surface area contributed by atoms with Gasteiger partial charge in [-0.3, -0.25) is 0 Å². The third kappa shape index (κ3) is 9.12. The highest BCUT2D eigenvalue weighted by molar-refractivity contribution is 5.51. The minimum Gasteiger partial charge on any atom is -0.624 e. The Morgan fingerprint density at radius 2 is 2.08 bits per heavy atom. The summed E-state index contributed by atoms with van der Waals surface area (Å²) < 4.78 is 0.886. The van der Waals surface area contributed by atoms with Crippen LogP contribution in [0.1, 0.15) is 40.0 Å². The van der Waals surface area contributed by atoms with Crippen molar-refractivity contribution in [2.24, 2.45) is 5.92 Å². The van der Waals surface area contributed by atoms with Crippen molar-refractivity contribution < 1.29 is 4.74 Å². The van der Waals surface area contributed by atoms with E-state index in [0.29, 0.717) is 5.92 Å². The number of allylic oxidation sites excluding steroid dienone is 2. The molecular formula is C11H21NO. The topological polar surface area (TPSA) is 26.1 Å². The fraction of sp³-hybridized carbons (Fsp3) is 0.727. The number of hydrogen-bond acceptors (Lipinski definition) is 1. The molecule has 0 saturated heterocycles. The van der Waals surface area contributed by atoms with Crippen LogP contribution in [0.5, 0.6) is 0 Å². The van der Waals surface area contributed by atoms with Gasteiger partial charge in [0.1, 0.15) is 7.05 Å². The lowest BCUT2D eigenvalue weighted by Gasteiger charge is -2.05. The molecule has 76 valence electrons. The number of rotatable bonds is 5. The van der Waals surface area contributed by atoms with E-state index in [1.807, 2.05) is 0 Å². The van der Waals surface area contributed by atoms with Gasteiger partial charge >= 0.3 is 0 Å². The SMILES string of the molecule is CC(C)=CCCC(C)C/C=[N+](/C)[O-]. The fourth-order valence-corrected chi connectivity index (χ4v) is 1.10. The Kier molecular flexibility index (Phi) is 6.29. The van der Waals surface area contributed by atoms with E-state index in [0.717, 1.165) is 24.0 Å². The second kappa shape index (κ2) is 6.70. The predicted octanol–water partition coefficient (Wildman–Crippen LogP) is 2.97. The molecular weight excluding hydrogens is 162 g/mol. The molecule has 0 bridgehead atoms. The van der Waals surface area contributed by atoms with Gasteiger partial charge < -0.3 is 5.21 Å². The van der Waals surface area contributed by atoms with E-state index < -0.39 is 0 Å². The molecule has 0 rings (SSSR count). The molecule has 13 heavy (non-hydrogen) atoms. The van der Waals surface area contributed by atoms with E-state index in [2.05, 4.69) is 26.8 Å². The molecule has 0 heterocycles. The first-order valence-corrected chi connectivity index (χ1v) is 4.89.